The first kappa shape index (κ1) is 15.4. The molecule has 3 heterocycles. The Bertz CT molecular complexity index is 594. The van der Waals surface area contributed by atoms with Crippen LogP contribution in [0.3, 0.4) is 0 Å². The number of anilines is 1. The third-order valence-corrected chi connectivity index (χ3v) is 3.95. The molecule has 1 aliphatic heterocycles. The summed E-state index contributed by atoms with van der Waals surface area (Å²) in [5.41, 5.74) is 0. The molecular weight excluding hydrogens is 294 g/mol. The molecule has 0 radical (unpaired) electrons. The van der Waals surface area contributed by atoms with Gasteiger partial charge in [0.2, 0.25) is 11.9 Å². The number of hydrogen-bond acceptors (Lipinski definition) is 6. The van der Waals surface area contributed by atoms with Gasteiger partial charge in [-0.1, -0.05) is 0 Å². The first-order valence-electron chi connectivity index (χ1n) is 7.95. The lowest BCUT2D eigenvalue weighted by Gasteiger charge is -2.32. The van der Waals surface area contributed by atoms with Crippen molar-refractivity contribution in [2.75, 3.05) is 18.0 Å². The average molecular weight is 315 g/mol. The predicted octanol–water partition coefficient (Wildman–Crippen LogP) is 0.633. The van der Waals surface area contributed by atoms with Gasteiger partial charge in [0.1, 0.15) is 12.7 Å². The van der Waals surface area contributed by atoms with Gasteiger partial charge >= 0.3 is 0 Å². The molecule has 0 aromatic carbocycles. The van der Waals surface area contributed by atoms with Crippen molar-refractivity contribution in [3.8, 4) is 0 Å². The van der Waals surface area contributed by atoms with Gasteiger partial charge in [-0.25, -0.2) is 15.0 Å². The molecular formula is C15H21N7O. The van der Waals surface area contributed by atoms with Crippen LogP contribution in [0.25, 0.3) is 0 Å². The molecule has 1 aliphatic rings. The number of piperidine rings is 1. The Morgan fingerprint density at radius 3 is 2.74 bits per heavy atom. The second kappa shape index (κ2) is 7.66. The SMILES string of the molecule is O=C(CCCn1cncn1)NC1CCN(c2ncccn2)CC1. The molecule has 0 saturated carbocycles. The number of aromatic nitrogens is 5. The van der Waals surface area contributed by atoms with Crippen molar-refractivity contribution >= 4 is 11.9 Å². The van der Waals surface area contributed by atoms with Crippen molar-refractivity contribution in [3.05, 3.63) is 31.1 Å². The third kappa shape index (κ3) is 4.48. The van der Waals surface area contributed by atoms with Crippen LogP contribution < -0.4 is 10.2 Å². The Balaban J connectivity index is 1.36. The van der Waals surface area contributed by atoms with Gasteiger partial charge in [0.15, 0.2) is 0 Å². The highest BCUT2D eigenvalue weighted by atomic mass is 16.1. The molecule has 1 amide bonds. The van der Waals surface area contributed by atoms with E-state index in [1.54, 1.807) is 23.4 Å². The zero-order valence-electron chi connectivity index (χ0n) is 13.0. The van der Waals surface area contributed by atoms with Gasteiger partial charge in [-0.05, 0) is 25.3 Å². The Morgan fingerprint density at radius 2 is 2.04 bits per heavy atom. The van der Waals surface area contributed by atoms with Crippen molar-refractivity contribution in [3.63, 3.8) is 0 Å². The van der Waals surface area contributed by atoms with Gasteiger partial charge < -0.3 is 10.2 Å². The maximum atomic E-state index is 12.0. The maximum absolute atomic E-state index is 12.0. The van der Waals surface area contributed by atoms with E-state index >= 15 is 0 Å². The van der Waals surface area contributed by atoms with Gasteiger partial charge in [0, 0.05) is 44.5 Å². The van der Waals surface area contributed by atoms with E-state index < -0.39 is 0 Å². The van der Waals surface area contributed by atoms with Crippen LogP contribution in [-0.2, 0) is 11.3 Å². The molecule has 0 spiro atoms. The highest BCUT2D eigenvalue weighted by Crippen LogP contribution is 2.15. The Labute approximate surface area is 135 Å². The number of rotatable bonds is 6. The lowest BCUT2D eigenvalue weighted by molar-refractivity contribution is -0.122. The molecule has 1 N–H and O–H groups in total. The summed E-state index contributed by atoms with van der Waals surface area (Å²) in [6, 6.07) is 2.06. The van der Waals surface area contributed by atoms with E-state index in [1.807, 2.05) is 6.07 Å². The second-order valence-electron chi connectivity index (χ2n) is 5.64. The minimum Gasteiger partial charge on any atom is -0.353 e. The van der Waals surface area contributed by atoms with Gasteiger partial charge in [0.05, 0.1) is 0 Å². The summed E-state index contributed by atoms with van der Waals surface area (Å²) in [7, 11) is 0. The van der Waals surface area contributed by atoms with E-state index in [-0.39, 0.29) is 11.9 Å². The predicted molar refractivity (Wildman–Crippen MR) is 84.7 cm³/mol. The molecule has 1 fully saturated rings. The molecule has 1 saturated heterocycles. The minimum atomic E-state index is 0.111. The van der Waals surface area contributed by atoms with E-state index in [2.05, 4.69) is 30.3 Å². The smallest absolute Gasteiger partial charge is 0.225 e. The average Bonchev–Trinajstić information content (AvgIpc) is 3.10. The first-order chi connectivity index (χ1) is 11.3. The van der Waals surface area contributed by atoms with Crippen molar-refractivity contribution in [1.82, 2.24) is 30.0 Å². The van der Waals surface area contributed by atoms with Crippen molar-refractivity contribution in [2.24, 2.45) is 0 Å². The molecule has 0 bridgehead atoms. The van der Waals surface area contributed by atoms with Gasteiger partial charge in [0.25, 0.3) is 0 Å². The molecule has 8 nitrogen and oxygen atoms in total. The summed E-state index contributed by atoms with van der Waals surface area (Å²) in [5.74, 6) is 0.879. The number of nitrogens with zero attached hydrogens (tertiary/aromatic N) is 6. The molecule has 0 aliphatic carbocycles. The molecule has 2 aromatic heterocycles. The van der Waals surface area contributed by atoms with Crippen molar-refractivity contribution < 1.29 is 4.79 Å². The number of carbonyl (C=O) groups is 1. The second-order valence-corrected chi connectivity index (χ2v) is 5.64. The largest absolute Gasteiger partial charge is 0.353 e. The third-order valence-electron chi connectivity index (χ3n) is 3.95. The molecule has 2 aromatic rings. The van der Waals surface area contributed by atoms with Crippen LogP contribution in [0.4, 0.5) is 5.95 Å². The molecule has 0 unspecified atom stereocenters. The van der Waals surface area contributed by atoms with E-state index in [4.69, 9.17) is 0 Å². The zero-order chi connectivity index (χ0) is 15.9. The number of carbonyl (C=O) groups excluding carboxylic acids is 1. The summed E-state index contributed by atoms with van der Waals surface area (Å²) < 4.78 is 1.74. The Kier molecular flexibility index (Phi) is 5.13. The first-order valence-corrected chi connectivity index (χ1v) is 7.95. The fourth-order valence-corrected chi connectivity index (χ4v) is 2.73. The van der Waals surface area contributed by atoms with Crippen LogP contribution in [-0.4, -0.2) is 49.8 Å². The van der Waals surface area contributed by atoms with Crippen molar-refractivity contribution in [2.45, 2.75) is 38.3 Å². The van der Waals surface area contributed by atoms with E-state index in [9.17, 15) is 4.79 Å². The normalized spacial score (nSPS) is 15.6. The summed E-state index contributed by atoms with van der Waals surface area (Å²) in [6.45, 7) is 2.46. The van der Waals surface area contributed by atoms with Crippen LogP contribution in [0.2, 0.25) is 0 Å². The molecule has 8 heteroatoms. The number of hydrogen-bond donors (Lipinski definition) is 1. The number of aryl methyl sites for hydroxylation is 1. The van der Waals surface area contributed by atoms with Crippen LogP contribution in [0, 0.1) is 0 Å². The fourth-order valence-electron chi connectivity index (χ4n) is 2.73. The van der Waals surface area contributed by atoms with Crippen LogP contribution in [0.15, 0.2) is 31.1 Å². The Morgan fingerprint density at radius 1 is 1.26 bits per heavy atom. The van der Waals surface area contributed by atoms with Gasteiger partial charge in [-0.2, -0.15) is 5.10 Å². The minimum absolute atomic E-state index is 0.111. The highest BCUT2D eigenvalue weighted by molar-refractivity contribution is 5.76. The lowest BCUT2D eigenvalue weighted by atomic mass is 10.1. The van der Waals surface area contributed by atoms with Crippen LogP contribution in [0.1, 0.15) is 25.7 Å². The Hall–Kier alpha value is -2.51. The van der Waals surface area contributed by atoms with Gasteiger partial charge in [-0.15, -0.1) is 0 Å². The van der Waals surface area contributed by atoms with Crippen LogP contribution in [0.5, 0.6) is 0 Å². The maximum Gasteiger partial charge on any atom is 0.225 e. The lowest BCUT2D eigenvalue weighted by Crippen LogP contribution is -2.45. The molecule has 122 valence electrons. The van der Waals surface area contributed by atoms with Crippen molar-refractivity contribution in [1.29, 1.82) is 0 Å². The quantitative estimate of drug-likeness (QED) is 0.841. The fraction of sp³-hybridized carbons (Fsp3) is 0.533. The van der Waals surface area contributed by atoms with E-state index in [0.29, 0.717) is 6.42 Å². The molecule has 3 rings (SSSR count). The zero-order valence-corrected chi connectivity index (χ0v) is 13.0. The van der Waals surface area contributed by atoms with Crippen LogP contribution >= 0.6 is 0 Å². The summed E-state index contributed by atoms with van der Waals surface area (Å²) in [6.07, 6.45) is 9.81. The van der Waals surface area contributed by atoms with E-state index in [0.717, 1.165) is 44.8 Å². The topological polar surface area (TPSA) is 88.8 Å². The monoisotopic (exact) mass is 315 g/mol. The summed E-state index contributed by atoms with van der Waals surface area (Å²) in [4.78, 5) is 26.6. The number of nitrogens with one attached hydrogen (secondary N) is 1. The molecule has 23 heavy (non-hydrogen) atoms. The number of amides is 1. The highest BCUT2D eigenvalue weighted by Gasteiger charge is 2.21. The summed E-state index contributed by atoms with van der Waals surface area (Å²) in [5, 5.41) is 7.14. The van der Waals surface area contributed by atoms with Gasteiger partial charge in [-0.3, -0.25) is 9.48 Å². The van der Waals surface area contributed by atoms with E-state index in [1.165, 1.54) is 6.33 Å². The standard InChI is InChI=1S/C15H21N7O/c23-14(3-1-8-22-12-16-11-19-22)20-13-4-9-21(10-5-13)15-17-6-2-7-18-15/h2,6-7,11-13H,1,3-5,8-10H2,(H,20,23). The molecule has 0 atom stereocenters. The summed E-state index contributed by atoms with van der Waals surface area (Å²) >= 11 is 0.